The van der Waals surface area contributed by atoms with Crippen LogP contribution in [0.2, 0.25) is 0 Å². The van der Waals surface area contributed by atoms with Crippen LogP contribution in [0.25, 0.3) is 0 Å². The van der Waals surface area contributed by atoms with Crippen molar-refractivity contribution in [1.82, 2.24) is 9.80 Å². The van der Waals surface area contributed by atoms with E-state index in [1.165, 1.54) is 45.6 Å². The van der Waals surface area contributed by atoms with Crippen LogP contribution < -0.4 is 4.70 Å². The van der Waals surface area contributed by atoms with Gasteiger partial charge in [0, 0.05) is 13.1 Å². The molecule has 0 aromatic rings. The molecule has 0 atom stereocenters. The SMILES string of the molecule is CCCCCN1CCN(C)C1.FP(F)(F)(F)F.[F-]. The molecule has 0 saturated carbocycles. The van der Waals surface area contributed by atoms with Gasteiger partial charge in [-0.3, -0.25) is 9.80 Å². The van der Waals surface area contributed by atoms with Crippen molar-refractivity contribution in [2.45, 2.75) is 26.2 Å². The first-order valence-corrected chi connectivity index (χ1v) is 7.27. The first kappa shape index (κ1) is 20.3. The molecule has 0 N–H and O–H groups in total. The van der Waals surface area contributed by atoms with E-state index in [1.54, 1.807) is 0 Å². The van der Waals surface area contributed by atoms with Crippen molar-refractivity contribution >= 4 is 8.16 Å². The van der Waals surface area contributed by atoms with Gasteiger partial charge in [-0.1, -0.05) is 19.8 Å². The Morgan fingerprint density at radius 2 is 1.50 bits per heavy atom. The Kier molecular flexibility index (Phi) is 9.19. The molecule has 0 aliphatic carbocycles. The van der Waals surface area contributed by atoms with Crippen molar-refractivity contribution in [3.8, 4) is 0 Å². The van der Waals surface area contributed by atoms with E-state index in [1.807, 2.05) is 0 Å². The summed E-state index contributed by atoms with van der Waals surface area (Å²) in [5.41, 5.74) is 0. The zero-order valence-electron chi connectivity index (χ0n) is 10.6. The Balaban J connectivity index is 0. The Morgan fingerprint density at radius 1 is 1.00 bits per heavy atom. The third-order valence-corrected chi connectivity index (χ3v) is 2.32. The summed E-state index contributed by atoms with van der Waals surface area (Å²) in [6, 6.07) is 0. The number of hydrogen-bond donors (Lipinski definition) is 0. The summed E-state index contributed by atoms with van der Waals surface area (Å²) in [6.45, 7) is 7.28. The molecule has 0 unspecified atom stereocenters. The second-order valence-corrected chi connectivity index (χ2v) is 5.46. The van der Waals surface area contributed by atoms with E-state index in [9.17, 15) is 21.0 Å². The van der Waals surface area contributed by atoms with Gasteiger partial charge in [-0.25, -0.2) is 0 Å². The average Bonchev–Trinajstić information content (AvgIpc) is 2.47. The van der Waals surface area contributed by atoms with Crippen LogP contribution in [0, 0.1) is 0 Å². The van der Waals surface area contributed by atoms with Gasteiger partial charge < -0.3 is 4.70 Å². The van der Waals surface area contributed by atoms with Crippen LogP contribution >= 0.6 is 8.16 Å². The number of hydrogen-bond acceptors (Lipinski definition) is 2. The maximum atomic E-state index is 9.84. The second-order valence-electron chi connectivity index (χ2n) is 4.19. The monoisotopic (exact) mass is 301 g/mol. The summed E-state index contributed by atoms with van der Waals surface area (Å²) in [7, 11) is -6.36. The van der Waals surface area contributed by atoms with Crippen LogP contribution in [0.3, 0.4) is 0 Å². The molecule has 9 heteroatoms. The number of halogens is 6. The smallest absolute Gasteiger partial charge is 1.00 e. The fourth-order valence-corrected chi connectivity index (χ4v) is 1.56. The van der Waals surface area contributed by atoms with Crippen LogP contribution in [-0.4, -0.2) is 43.2 Å². The van der Waals surface area contributed by atoms with Gasteiger partial charge in [0.1, 0.15) is 0 Å². The third-order valence-electron chi connectivity index (χ3n) is 2.32. The fraction of sp³-hybridized carbons (Fsp3) is 1.00. The van der Waals surface area contributed by atoms with E-state index in [0.717, 1.165) is 0 Å². The Morgan fingerprint density at radius 3 is 1.83 bits per heavy atom. The fourth-order valence-electron chi connectivity index (χ4n) is 1.56. The van der Waals surface area contributed by atoms with E-state index in [2.05, 4.69) is 23.8 Å². The topological polar surface area (TPSA) is 6.48 Å². The van der Waals surface area contributed by atoms with Crippen molar-refractivity contribution in [2.24, 2.45) is 0 Å². The zero-order valence-corrected chi connectivity index (χ0v) is 11.5. The van der Waals surface area contributed by atoms with Gasteiger partial charge >= 0.3 is 29.1 Å². The number of nitrogens with zero attached hydrogens (tertiary/aromatic N) is 2. The second kappa shape index (κ2) is 8.17. The minimum absolute atomic E-state index is 0. The van der Waals surface area contributed by atoms with E-state index in [-0.39, 0.29) is 4.70 Å². The molecule has 0 aromatic heterocycles. The third kappa shape index (κ3) is 18.3. The Bertz CT molecular complexity index is 204. The predicted octanol–water partition coefficient (Wildman–Crippen LogP) is 1.35. The molecule has 0 spiro atoms. The molecule has 0 radical (unpaired) electrons. The quantitative estimate of drug-likeness (QED) is 0.439. The van der Waals surface area contributed by atoms with Crippen LogP contribution in [0.4, 0.5) is 21.0 Å². The van der Waals surface area contributed by atoms with E-state index in [0.29, 0.717) is 0 Å². The number of likely N-dealkylation sites (N-methyl/N-ethyl adjacent to an activating group) is 1. The summed E-state index contributed by atoms with van der Waals surface area (Å²) in [6.07, 6.45) is 4.11. The van der Waals surface area contributed by atoms with Gasteiger partial charge in [0.15, 0.2) is 0 Å². The van der Waals surface area contributed by atoms with Crippen LogP contribution in [0.5, 0.6) is 0 Å². The molecule has 114 valence electrons. The van der Waals surface area contributed by atoms with Gasteiger partial charge in [0.2, 0.25) is 0 Å². The molecule has 0 aromatic carbocycles. The van der Waals surface area contributed by atoms with E-state index >= 15 is 0 Å². The van der Waals surface area contributed by atoms with Crippen molar-refractivity contribution in [1.29, 1.82) is 0 Å². The molecule has 18 heavy (non-hydrogen) atoms. The summed E-state index contributed by atoms with van der Waals surface area (Å²) in [5, 5.41) is 0. The molecule has 0 bridgehead atoms. The van der Waals surface area contributed by atoms with Crippen molar-refractivity contribution in [3.63, 3.8) is 0 Å². The maximum absolute atomic E-state index is 9.84. The maximum Gasteiger partial charge on any atom is -1.00 e. The van der Waals surface area contributed by atoms with Crippen LogP contribution in [0.15, 0.2) is 0 Å². The molecule has 1 saturated heterocycles. The molecule has 1 aliphatic heterocycles. The van der Waals surface area contributed by atoms with Crippen LogP contribution in [-0.2, 0) is 0 Å². The molecule has 2 nitrogen and oxygen atoms in total. The Hall–Kier alpha value is -0.0700. The van der Waals surface area contributed by atoms with Gasteiger partial charge in [0.05, 0.1) is 6.67 Å². The summed E-state index contributed by atoms with van der Waals surface area (Å²) >= 11 is 0. The molecule has 1 fully saturated rings. The minimum atomic E-state index is -8.55. The first-order chi connectivity index (χ1) is 7.56. The van der Waals surface area contributed by atoms with Gasteiger partial charge in [-0.2, -0.15) is 0 Å². The number of unbranched alkanes of at least 4 members (excludes halogenated alkanes) is 2. The van der Waals surface area contributed by atoms with Crippen LogP contribution in [0.1, 0.15) is 26.2 Å². The molecule has 1 aliphatic rings. The zero-order chi connectivity index (χ0) is 13.6. The molecule has 0 amide bonds. The standard InChI is InChI=1S/C9H20N2.F5P.FH/c1-3-4-5-6-11-8-7-10(2)9-11;1-6(2,3,4)5;/h3-9H2,1-2H3;;1H/p-1. The van der Waals surface area contributed by atoms with Gasteiger partial charge in [0.25, 0.3) is 0 Å². The minimum Gasteiger partial charge on any atom is -1.00 e. The molecule has 1 heterocycles. The average molecular weight is 301 g/mol. The molecular weight excluding hydrogens is 281 g/mol. The normalized spacial score (nSPS) is 19.4. The largest absolute Gasteiger partial charge is 1.00 e. The molecular formula is C9H20F6N2P-. The molecule has 1 rings (SSSR count). The van der Waals surface area contributed by atoms with Crippen molar-refractivity contribution < 1.29 is 25.7 Å². The summed E-state index contributed by atoms with van der Waals surface area (Å²) in [4.78, 5) is 4.92. The first-order valence-electron chi connectivity index (χ1n) is 5.58. The van der Waals surface area contributed by atoms with E-state index in [4.69, 9.17) is 0 Å². The summed E-state index contributed by atoms with van der Waals surface area (Å²) in [5.74, 6) is 0. The van der Waals surface area contributed by atoms with Crippen molar-refractivity contribution in [3.05, 3.63) is 0 Å². The predicted molar refractivity (Wildman–Crippen MR) is 61.1 cm³/mol. The van der Waals surface area contributed by atoms with Gasteiger partial charge in [-0.15, -0.1) is 0 Å². The van der Waals surface area contributed by atoms with E-state index < -0.39 is 8.16 Å². The van der Waals surface area contributed by atoms with Gasteiger partial charge in [-0.05, 0) is 20.0 Å². The Labute approximate surface area is 104 Å². The summed E-state index contributed by atoms with van der Waals surface area (Å²) < 4.78 is 49.2. The number of rotatable bonds is 4. The van der Waals surface area contributed by atoms with Crippen molar-refractivity contribution in [2.75, 3.05) is 33.4 Å².